The molecule has 0 saturated carbocycles. The molecule has 0 aliphatic carbocycles. The predicted octanol–water partition coefficient (Wildman–Crippen LogP) is 2.77. The van der Waals surface area contributed by atoms with E-state index in [-0.39, 0.29) is 0 Å². The highest BCUT2D eigenvalue weighted by atomic mass is 16.5. The molecule has 2 aliphatic rings. The fourth-order valence-corrected chi connectivity index (χ4v) is 4.61. The summed E-state index contributed by atoms with van der Waals surface area (Å²) in [5.41, 5.74) is 6.61. The molecule has 2 aromatic heterocycles. The van der Waals surface area contributed by atoms with E-state index in [1.807, 2.05) is 6.20 Å². The van der Waals surface area contributed by atoms with Crippen LogP contribution in [0, 0.1) is 0 Å². The summed E-state index contributed by atoms with van der Waals surface area (Å²) < 4.78 is 7.89. The van der Waals surface area contributed by atoms with Crippen LogP contribution in [0.25, 0.3) is 10.9 Å². The minimum absolute atomic E-state index is 0.727. The molecular formula is C22H29N5O. The molecule has 4 heterocycles. The number of H-pyrrole nitrogens is 1. The number of aromatic nitrogens is 3. The largest absolute Gasteiger partial charge is 0.376 e. The molecule has 28 heavy (non-hydrogen) atoms. The second kappa shape index (κ2) is 7.70. The van der Waals surface area contributed by atoms with Crippen LogP contribution in [0.4, 0.5) is 0 Å². The maximum absolute atomic E-state index is 5.71. The van der Waals surface area contributed by atoms with Gasteiger partial charge in [-0.05, 0) is 24.6 Å². The number of aromatic amines is 1. The van der Waals surface area contributed by atoms with Gasteiger partial charge in [-0.2, -0.15) is 5.10 Å². The smallest absolute Gasteiger partial charge is 0.0822 e. The number of hydrogen-bond donors (Lipinski definition) is 1. The maximum Gasteiger partial charge on any atom is 0.0822 e. The van der Waals surface area contributed by atoms with Crippen molar-refractivity contribution in [1.82, 2.24) is 24.6 Å². The monoisotopic (exact) mass is 379 g/mol. The zero-order valence-corrected chi connectivity index (χ0v) is 16.7. The van der Waals surface area contributed by atoms with Crippen molar-refractivity contribution >= 4 is 10.9 Å². The molecule has 0 radical (unpaired) electrons. The molecule has 2 aliphatic heterocycles. The summed E-state index contributed by atoms with van der Waals surface area (Å²) in [6.07, 6.45) is 3.03. The minimum Gasteiger partial charge on any atom is -0.376 e. The third-order valence-corrected chi connectivity index (χ3v) is 6.20. The van der Waals surface area contributed by atoms with Crippen molar-refractivity contribution in [2.75, 3.05) is 32.8 Å². The van der Waals surface area contributed by atoms with E-state index >= 15 is 0 Å². The van der Waals surface area contributed by atoms with Crippen molar-refractivity contribution in [2.24, 2.45) is 0 Å². The van der Waals surface area contributed by atoms with Crippen LogP contribution in [0.5, 0.6) is 0 Å². The van der Waals surface area contributed by atoms with Crippen LogP contribution in [0.1, 0.15) is 29.4 Å². The topological polar surface area (TPSA) is 49.3 Å². The Kier molecular flexibility index (Phi) is 4.93. The Balaban J connectivity index is 1.22. The standard InChI is InChI=1S/C22H29N5O/c1-2-27-22-7-13-28-16-19(22)21(24-27)15-26-11-9-25(10-12-26)14-17-4-3-5-20-18(17)6-8-23-20/h3-6,8,23H,2,7,9-16H2,1H3. The Morgan fingerprint density at radius 3 is 2.71 bits per heavy atom. The normalized spacial score (nSPS) is 18.6. The molecule has 0 amide bonds. The maximum atomic E-state index is 5.71. The van der Waals surface area contributed by atoms with Gasteiger partial charge in [-0.1, -0.05) is 12.1 Å². The van der Waals surface area contributed by atoms with Crippen LogP contribution in [0.15, 0.2) is 30.5 Å². The van der Waals surface area contributed by atoms with Crippen molar-refractivity contribution in [3.8, 4) is 0 Å². The van der Waals surface area contributed by atoms with Gasteiger partial charge in [-0.15, -0.1) is 0 Å². The van der Waals surface area contributed by atoms with E-state index in [1.165, 1.54) is 33.4 Å². The molecule has 5 rings (SSSR count). The Morgan fingerprint density at radius 1 is 1.07 bits per heavy atom. The first kappa shape index (κ1) is 17.9. The second-order valence-electron chi connectivity index (χ2n) is 7.90. The molecule has 0 atom stereocenters. The quantitative estimate of drug-likeness (QED) is 0.741. The highest BCUT2D eigenvalue weighted by Gasteiger charge is 2.24. The summed E-state index contributed by atoms with van der Waals surface area (Å²) in [6.45, 7) is 11.0. The summed E-state index contributed by atoms with van der Waals surface area (Å²) in [7, 11) is 0. The number of nitrogens with one attached hydrogen (secondary N) is 1. The molecule has 0 unspecified atom stereocenters. The fraction of sp³-hybridized carbons (Fsp3) is 0.500. The molecule has 6 heteroatoms. The average molecular weight is 380 g/mol. The number of fused-ring (bicyclic) bond motifs is 2. The van der Waals surface area contributed by atoms with Gasteiger partial charge in [0.2, 0.25) is 0 Å². The first-order valence-electron chi connectivity index (χ1n) is 10.5. The van der Waals surface area contributed by atoms with E-state index in [0.29, 0.717) is 0 Å². The van der Waals surface area contributed by atoms with E-state index in [0.717, 1.165) is 65.4 Å². The van der Waals surface area contributed by atoms with Crippen molar-refractivity contribution in [3.05, 3.63) is 53.0 Å². The minimum atomic E-state index is 0.727. The Bertz CT molecular complexity index is 951. The lowest BCUT2D eigenvalue weighted by molar-refractivity contribution is 0.104. The highest BCUT2D eigenvalue weighted by Crippen LogP contribution is 2.23. The summed E-state index contributed by atoms with van der Waals surface area (Å²) in [6, 6.07) is 8.75. The van der Waals surface area contributed by atoms with E-state index in [2.05, 4.69) is 50.7 Å². The number of ether oxygens (including phenoxy) is 1. The van der Waals surface area contributed by atoms with Crippen LogP contribution in [-0.4, -0.2) is 57.4 Å². The molecule has 1 N–H and O–H groups in total. The van der Waals surface area contributed by atoms with Crippen LogP contribution < -0.4 is 0 Å². The van der Waals surface area contributed by atoms with Gasteiger partial charge in [-0.3, -0.25) is 14.5 Å². The van der Waals surface area contributed by atoms with Gasteiger partial charge in [0, 0.05) is 80.6 Å². The van der Waals surface area contributed by atoms with E-state index < -0.39 is 0 Å². The van der Waals surface area contributed by atoms with Gasteiger partial charge in [0.15, 0.2) is 0 Å². The number of hydrogen-bond acceptors (Lipinski definition) is 4. The third kappa shape index (κ3) is 3.36. The molecule has 1 fully saturated rings. The van der Waals surface area contributed by atoms with Crippen LogP contribution in [0.3, 0.4) is 0 Å². The molecule has 0 bridgehead atoms. The number of rotatable bonds is 5. The molecule has 1 aromatic carbocycles. The average Bonchev–Trinajstić information content (AvgIpc) is 3.35. The third-order valence-electron chi connectivity index (χ3n) is 6.20. The van der Waals surface area contributed by atoms with Crippen molar-refractivity contribution in [3.63, 3.8) is 0 Å². The van der Waals surface area contributed by atoms with E-state index in [1.54, 1.807) is 0 Å². The van der Waals surface area contributed by atoms with Crippen LogP contribution in [-0.2, 0) is 37.4 Å². The summed E-state index contributed by atoms with van der Waals surface area (Å²) in [4.78, 5) is 8.43. The lowest BCUT2D eigenvalue weighted by atomic mass is 10.1. The van der Waals surface area contributed by atoms with Crippen LogP contribution in [0.2, 0.25) is 0 Å². The van der Waals surface area contributed by atoms with Gasteiger partial charge < -0.3 is 9.72 Å². The first-order chi connectivity index (χ1) is 13.8. The molecule has 6 nitrogen and oxygen atoms in total. The van der Waals surface area contributed by atoms with Crippen LogP contribution >= 0.6 is 0 Å². The highest BCUT2D eigenvalue weighted by molar-refractivity contribution is 5.82. The Labute approximate surface area is 166 Å². The second-order valence-corrected chi connectivity index (χ2v) is 7.90. The van der Waals surface area contributed by atoms with Gasteiger partial charge >= 0.3 is 0 Å². The summed E-state index contributed by atoms with van der Waals surface area (Å²) in [5, 5.41) is 6.25. The Morgan fingerprint density at radius 2 is 1.89 bits per heavy atom. The summed E-state index contributed by atoms with van der Waals surface area (Å²) in [5.74, 6) is 0. The molecule has 148 valence electrons. The van der Waals surface area contributed by atoms with E-state index in [9.17, 15) is 0 Å². The van der Waals surface area contributed by atoms with Crippen molar-refractivity contribution < 1.29 is 4.74 Å². The van der Waals surface area contributed by atoms with E-state index in [4.69, 9.17) is 9.84 Å². The fourth-order valence-electron chi connectivity index (χ4n) is 4.61. The predicted molar refractivity (Wildman–Crippen MR) is 110 cm³/mol. The first-order valence-corrected chi connectivity index (χ1v) is 10.5. The Hall–Kier alpha value is -2.15. The summed E-state index contributed by atoms with van der Waals surface area (Å²) >= 11 is 0. The lowest BCUT2D eigenvalue weighted by Crippen LogP contribution is -2.45. The number of aryl methyl sites for hydroxylation is 1. The lowest BCUT2D eigenvalue weighted by Gasteiger charge is -2.34. The molecular weight excluding hydrogens is 350 g/mol. The molecule has 0 spiro atoms. The number of nitrogens with zero attached hydrogens (tertiary/aromatic N) is 4. The van der Waals surface area contributed by atoms with Gasteiger partial charge in [-0.25, -0.2) is 0 Å². The van der Waals surface area contributed by atoms with Crippen molar-refractivity contribution in [1.29, 1.82) is 0 Å². The van der Waals surface area contributed by atoms with Gasteiger partial charge in [0.05, 0.1) is 18.9 Å². The number of benzene rings is 1. The molecule has 1 saturated heterocycles. The SMILES string of the molecule is CCn1nc(CN2CCN(Cc3cccc4[nH]ccc34)CC2)c2c1CCOC2. The van der Waals surface area contributed by atoms with Crippen molar-refractivity contribution in [2.45, 2.75) is 39.6 Å². The zero-order chi connectivity index (χ0) is 18.9. The van der Waals surface area contributed by atoms with Gasteiger partial charge in [0.25, 0.3) is 0 Å². The number of piperazine rings is 1. The zero-order valence-electron chi connectivity index (χ0n) is 16.7. The van der Waals surface area contributed by atoms with Gasteiger partial charge in [0.1, 0.15) is 0 Å². The molecule has 3 aromatic rings.